The van der Waals surface area contributed by atoms with Crippen molar-refractivity contribution in [1.29, 1.82) is 0 Å². The van der Waals surface area contributed by atoms with Gasteiger partial charge in [-0.3, -0.25) is 9.59 Å². The molecule has 1 heterocycles. The van der Waals surface area contributed by atoms with Gasteiger partial charge in [0.15, 0.2) is 5.06 Å². The lowest BCUT2D eigenvalue weighted by Gasteiger charge is -2.14. The molecule has 0 radical (unpaired) electrons. The number of carbonyl (C=O) groups is 2. The fourth-order valence-electron chi connectivity index (χ4n) is 1.54. The Balaban J connectivity index is 2.85. The molecule has 106 valence electrons. The predicted molar refractivity (Wildman–Crippen MR) is 75.2 cm³/mol. The van der Waals surface area contributed by atoms with E-state index in [9.17, 15) is 9.59 Å². The SMILES string of the molecule is COc1sc(CN(C)C(C)=O)cc1CN(C)C(C)=O. The molecule has 0 saturated carbocycles. The van der Waals surface area contributed by atoms with E-state index in [4.69, 9.17) is 4.74 Å². The minimum Gasteiger partial charge on any atom is -0.487 e. The van der Waals surface area contributed by atoms with Crippen molar-refractivity contribution >= 4 is 23.2 Å². The summed E-state index contributed by atoms with van der Waals surface area (Å²) in [6.07, 6.45) is 0. The molecule has 1 aromatic heterocycles. The maximum Gasteiger partial charge on any atom is 0.219 e. The molecular weight excluding hydrogens is 264 g/mol. The first-order valence-electron chi connectivity index (χ1n) is 5.94. The molecular formula is C13H20N2O3S. The molecule has 0 N–H and O–H groups in total. The van der Waals surface area contributed by atoms with Gasteiger partial charge in [-0.25, -0.2) is 0 Å². The van der Waals surface area contributed by atoms with Gasteiger partial charge in [0.25, 0.3) is 0 Å². The summed E-state index contributed by atoms with van der Waals surface area (Å²) >= 11 is 1.50. The Morgan fingerprint density at radius 2 is 1.68 bits per heavy atom. The van der Waals surface area contributed by atoms with Crippen molar-refractivity contribution in [3.05, 3.63) is 16.5 Å². The molecule has 0 atom stereocenters. The van der Waals surface area contributed by atoms with Gasteiger partial charge in [-0.1, -0.05) is 0 Å². The first-order chi connectivity index (χ1) is 8.85. The van der Waals surface area contributed by atoms with Crippen LogP contribution in [-0.4, -0.2) is 42.8 Å². The van der Waals surface area contributed by atoms with Gasteiger partial charge in [-0.05, 0) is 6.07 Å². The molecule has 0 aromatic carbocycles. The van der Waals surface area contributed by atoms with Gasteiger partial charge in [0.2, 0.25) is 11.8 Å². The monoisotopic (exact) mass is 284 g/mol. The van der Waals surface area contributed by atoms with E-state index in [0.29, 0.717) is 13.1 Å². The van der Waals surface area contributed by atoms with Gasteiger partial charge in [0, 0.05) is 44.9 Å². The first-order valence-corrected chi connectivity index (χ1v) is 6.75. The minimum atomic E-state index is 0.00987. The molecule has 19 heavy (non-hydrogen) atoms. The molecule has 0 aliphatic rings. The highest BCUT2D eigenvalue weighted by molar-refractivity contribution is 7.14. The summed E-state index contributed by atoms with van der Waals surface area (Å²) in [6, 6.07) is 1.99. The van der Waals surface area contributed by atoms with E-state index < -0.39 is 0 Å². The molecule has 1 aromatic rings. The van der Waals surface area contributed by atoms with Crippen molar-refractivity contribution in [2.24, 2.45) is 0 Å². The second-order valence-corrected chi connectivity index (χ2v) is 5.58. The Morgan fingerprint density at radius 3 is 2.16 bits per heavy atom. The molecule has 5 nitrogen and oxygen atoms in total. The second kappa shape index (κ2) is 6.56. The largest absolute Gasteiger partial charge is 0.487 e. The number of hydrogen-bond donors (Lipinski definition) is 0. The summed E-state index contributed by atoms with van der Waals surface area (Å²) in [5.74, 6) is 0.0328. The second-order valence-electron chi connectivity index (χ2n) is 4.48. The van der Waals surface area contributed by atoms with E-state index in [-0.39, 0.29) is 11.8 Å². The van der Waals surface area contributed by atoms with E-state index >= 15 is 0 Å². The summed E-state index contributed by atoms with van der Waals surface area (Å²) in [4.78, 5) is 26.8. The van der Waals surface area contributed by atoms with Crippen LogP contribution in [0.1, 0.15) is 24.3 Å². The van der Waals surface area contributed by atoms with E-state index in [1.807, 2.05) is 6.07 Å². The van der Waals surface area contributed by atoms with Crippen LogP contribution in [0.2, 0.25) is 0 Å². The zero-order valence-corrected chi connectivity index (χ0v) is 12.8. The van der Waals surface area contributed by atoms with Crippen LogP contribution >= 0.6 is 11.3 Å². The third-order valence-electron chi connectivity index (χ3n) is 2.88. The lowest BCUT2D eigenvalue weighted by Crippen LogP contribution is -2.23. The Kier molecular flexibility index (Phi) is 5.35. The van der Waals surface area contributed by atoms with Gasteiger partial charge in [-0.2, -0.15) is 0 Å². The average Bonchev–Trinajstić information content (AvgIpc) is 2.70. The van der Waals surface area contributed by atoms with Crippen LogP contribution in [-0.2, 0) is 22.7 Å². The Bertz CT molecular complexity index is 470. The average molecular weight is 284 g/mol. The van der Waals surface area contributed by atoms with E-state index in [1.165, 1.54) is 25.2 Å². The number of amides is 2. The number of nitrogens with zero attached hydrogens (tertiary/aromatic N) is 2. The highest BCUT2D eigenvalue weighted by Crippen LogP contribution is 2.31. The predicted octanol–water partition coefficient (Wildman–Crippen LogP) is 1.71. The molecule has 6 heteroatoms. The van der Waals surface area contributed by atoms with Crippen LogP contribution in [0.25, 0.3) is 0 Å². The van der Waals surface area contributed by atoms with Gasteiger partial charge in [0.1, 0.15) is 0 Å². The summed E-state index contributed by atoms with van der Waals surface area (Å²) in [5.41, 5.74) is 0.970. The number of rotatable bonds is 5. The van der Waals surface area contributed by atoms with Crippen molar-refractivity contribution in [2.75, 3.05) is 21.2 Å². The van der Waals surface area contributed by atoms with Gasteiger partial charge in [0.05, 0.1) is 13.7 Å². The van der Waals surface area contributed by atoms with Crippen LogP contribution in [0, 0.1) is 0 Å². The van der Waals surface area contributed by atoms with Crippen LogP contribution in [0.3, 0.4) is 0 Å². The van der Waals surface area contributed by atoms with Gasteiger partial charge >= 0.3 is 0 Å². The lowest BCUT2D eigenvalue weighted by atomic mass is 10.2. The van der Waals surface area contributed by atoms with Crippen molar-refractivity contribution < 1.29 is 14.3 Å². The summed E-state index contributed by atoms with van der Waals surface area (Å²) < 4.78 is 5.33. The Labute approximate surface area is 117 Å². The van der Waals surface area contributed by atoms with E-state index in [0.717, 1.165) is 15.5 Å². The maximum absolute atomic E-state index is 11.3. The smallest absolute Gasteiger partial charge is 0.219 e. The van der Waals surface area contributed by atoms with E-state index in [1.54, 1.807) is 31.0 Å². The molecule has 0 spiro atoms. The number of ether oxygens (including phenoxy) is 1. The zero-order valence-electron chi connectivity index (χ0n) is 12.0. The molecule has 0 saturated heterocycles. The molecule has 0 fully saturated rings. The third kappa shape index (κ3) is 4.24. The summed E-state index contributed by atoms with van der Waals surface area (Å²) in [7, 11) is 5.12. The fourth-order valence-corrected chi connectivity index (χ4v) is 2.58. The van der Waals surface area contributed by atoms with Gasteiger partial charge in [-0.15, -0.1) is 11.3 Å². The summed E-state index contributed by atoms with van der Waals surface area (Å²) in [5, 5.41) is 0.792. The van der Waals surface area contributed by atoms with Gasteiger partial charge < -0.3 is 14.5 Å². The zero-order chi connectivity index (χ0) is 14.6. The number of carbonyl (C=O) groups excluding carboxylic acids is 2. The number of thiophene rings is 1. The minimum absolute atomic E-state index is 0.00987. The molecule has 1 rings (SSSR count). The molecule has 0 aliphatic heterocycles. The van der Waals surface area contributed by atoms with Crippen molar-refractivity contribution in [2.45, 2.75) is 26.9 Å². The van der Waals surface area contributed by atoms with Crippen molar-refractivity contribution in [3.63, 3.8) is 0 Å². The molecule has 0 unspecified atom stereocenters. The van der Waals surface area contributed by atoms with Crippen LogP contribution in [0.15, 0.2) is 6.07 Å². The van der Waals surface area contributed by atoms with Crippen LogP contribution in [0.4, 0.5) is 0 Å². The Morgan fingerprint density at radius 1 is 1.16 bits per heavy atom. The molecule has 2 amide bonds. The van der Waals surface area contributed by atoms with Crippen LogP contribution in [0.5, 0.6) is 5.06 Å². The normalized spacial score (nSPS) is 10.2. The standard InChI is InChI=1S/C13H20N2O3S/c1-9(16)14(3)7-11-6-12(19-13(11)18-5)8-15(4)10(2)17/h6H,7-8H2,1-5H3. The molecule has 0 aliphatic carbocycles. The maximum atomic E-state index is 11.3. The topological polar surface area (TPSA) is 49.9 Å². The number of methoxy groups -OCH3 is 1. The lowest BCUT2D eigenvalue weighted by molar-refractivity contribution is -0.128. The Hall–Kier alpha value is -1.56. The van der Waals surface area contributed by atoms with E-state index in [2.05, 4.69) is 0 Å². The first kappa shape index (κ1) is 15.5. The fraction of sp³-hybridized carbons (Fsp3) is 0.538. The number of hydrogen-bond acceptors (Lipinski definition) is 4. The third-order valence-corrected chi connectivity index (χ3v) is 4.01. The quantitative estimate of drug-likeness (QED) is 0.827. The van der Waals surface area contributed by atoms with Crippen molar-refractivity contribution in [1.82, 2.24) is 9.80 Å². The van der Waals surface area contributed by atoms with Crippen LogP contribution < -0.4 is 4.74 Å². The highest BCUT2D eigenvalue weighted by atomic mass is 32.1. The molecule has 0 bridgehead atoms. The van der Waals surface area contributed by atoms with Crippen molar-refractivity contribution in [3.8, 4) is 5.06 Å². The summed E-state index contributed by atoms with van der Waals surface area (Å²) in [6.45, 7) is 4.14. The highest BCUT2D eigenvalue weighted by Gasteiger charge is 2.14.